The quantitative estimate of drug-likeness (QED) is 0.704. The minimum Gasteiger partial charge on any atom is -0.492 e. The Kier molecular flexibility index (Phi) is 6.92. The van der Waals surface area contributed by atoms with E-state index in [1.807, 2.05) is 26.0 Å². The molecule has 1 amide bonds. The molecule has 0 saturated carbocycles. The zero-order chi connectivity index (χ0) is 20.9. The monoisotopic (exact) mass is 416 g/mol. The molecular formula is C22H28N2O4S. The van der Waals surface area contributed by atoms with E-state index in [9.17, 15) is 13.2 Å². The van der Waals surface area contributed by atoms with Crippen LogP contribution < -0.4 is 10.1 Å². The van der Waals surface area contributed by atoms with Crippen LogP contribution in [0.4, 0.5) is 0 Å². The van der Waals surface area contributed by atoms with Crippen molar-refractivity contribution in [3.8, 4) is 5.75 Å². The molecule has 2 aromatic carbocycles. The van der Waals surface area contributed by atoms with E-state index in [1.54, 1.807) is 30.3 Å². The van der Waals surface area contributed by atoms with Gasteiger partial charge in [-0.2, -0.15) is 4.31 Å². The van der Waals surface area contributed by atoms with Gasteiger partial charge in [0.05, 0.1) is 17.4 Å². The summed E-state index contributed by atoms with van der Waals surface area (Å²) in [5.41, 5.74) is 2.26. The predicted octanol–water partition coefficient (Wildman–Crippen LogP) is 2.90. The number of hydrogen-bond donors (Lipinski definition) is 1. The third kappa shape index (κ3) is 5.58. The van der Waals surface area contributed by atoms with E-state index in [0.29, 0.717) is 32.5 Å². The third-order valence-electron chi connectivity index (χ3n) is 5.00. The Balaban J connectivity index is 1.51. The average Bonchev–Trinajstić information content (AvgIpc) is 2.71. The first-order chi connectivity index (χ1) is 13.9. The maximum atomic E-state index is 12.8. The number of carbonyl (C=O) groups excluding carboxylic acids is 1. The molecule has 1 aliphatic rings. The first-order valence-electron chi connectivity index (χ1n) is 9.90. The summed E-state index contributed by atoms with van der Waals surface area (Å²) in [4.78, 5) is 12.8. The van der Waals surface area contributed by atoms with Gasteiger partial charge in [-0.15, -0.1) is 0 Å². The molecule has 0 unspecified atom stereocenters. The van der Waals surface area contributed by atoms with Crippen molar-refractivity contribution in [2.24, 2.45) is 5.92 Å². The van der Waals surface area contributed by atoms with Crippen LogP contribution in [-0.2, 0) is 14.8 Å². The molecule has 1 fully saturated rings. The second-order valence-electron chi connectivity index (χ2n) is 7.48. The van der Waals surface area contributed by atoms with Crippen LogP contribution in [0, 0.1) is 19.8 Å². The molecule has 1 heterocycles. The van der Waals surface area contributed by atoms with Crippen LogP contribution in [0.25, 0.3) is 0 Å². The van der Waals surface area contributed by atoms with E-state index in [0.717, 1.165) is 16.9 Å². The number of sulfonamides is 1. The molecule has 0 aromatic heterocycles. The highest BCUT2D eigenvalue weighted by Crippen LogP contribution is 2.23. The number of hydrogen-bond acceptors (Lipinski definition) is 4. The summed E-state index contributed by atoms with van der Waals surface area (Å²) in [6, 6.07) is 14.4. The summed E-state index contributed by atoms with van der Waals surface area (Å²) in [5.74, 6) is 0.319. The number of benzene rings is 2. The van der Waals surface area contributed by atoms with Gasteiger partial charge in [0.15, 0.2) is 0 Å². The van der Waals surface area contributed by atoms with Crippen LogP contribution in [0.2, 0.25) is 0 Å². The lowest BCUT2D eigenvalue weighted by Gasteiger charge is -2.31. The molecule has 2 aromatic rings. The highest BCUT2D eigenvalue weighted by atomic mass is 32.2. The van der Waals surface area contributed by atoms with E-state index in [2.05, 4.69) is 11.4 Å². The molecular weight excluding hydrogens is 388 g/mol. The number of carbonyl (C=O) groups is 1. The molecule has 6 nitrogen and oxygen atoms in total. The average molecular weight is 417 g/mol. The lowest BCUT2D eigenvalue weighted by atomic mass is 9.99. The van der Waals surface area contributed by atoms with Crippen molar-refractivity contribution in [2.45, 2.75) is 31.6 Å². The fraction of sp³-hybridized carbons (Fsp3) is 0.409. The Bertz CT molecular complexity index is 924. The SMILES string of the molecule is Cc1cc(C)cc(OCCNC(=O)[C@@H]2CCCN(S(=O)(=O)c3ccccc3)C2)c1. The van der Waals surface area contributed by atoms with Gasteiger partial charge in [-0.05, 0) is 62.1 Å². The maximum Gasteiger partial charge on any atom is 0.243 e. The highest BCUT2D eigenvalue weighted by Gasteiger charge is 2.33. The third-order valence-corrected chi connectivity index (χ3v) is 6.88. The van der Waals surface area contributed by atoms with E-state index >= 15 is 0 Å². The molecule has 0 aliphatic carbocycles. The van der Waals surface area contributed by atoms with E-state index in [4.69, 9.17) is 4.74 Å². The number of rotatable bonds is 7. The number of nitrogens with zero attached hydrogens (tertiary/aromatic N) is 1. The van der Waals surface area contributed by atoms with Crippen LogP contribution in [0.15, 0.2) is 53.4 Å². The summed E-state index contributed by atoms with van der Waals surface area (Å²) in [5, 5.41) is 2.88. The largest absolute Gasteiger partial charge is 0.492 e. The fourth-order valence-corrected chi connectivity index (χ4v) is 5.16. The predicted molar refractivity (Wildman–Crippen MR) is 112 cm³/mol. The van der Waals surface area contributed by atoms with Crippen molar-refractivity contribution in [1.29, 1.82) is 0 Å². The van der Waals surface area contributed by atoms with Crippen LogP contribution in [-0.4, -0.2) is 44.9 Å². The van der Waals surface area contributed by atoms with Crippen molar-refractivity contribution in [3.63, 3.8) is 0 Å². The van der Waals surface area contributed by atoms with Crippen molar-refractivity contribution in [2.75, 3.05) is 26.2 Å². The Morgan fingerprint density at radius 2 is 1.83 bits per heavy atom. The minimum absolute atomic E-state index is 0.123. The maximum absolute atomic E-state index is 12.8. The number of ether oxygens (including phenoxy) is 1. The first-order valence-corrected chi connectivity index (χ1v) is 11.3. The summed E-state index contributed by atoms with van der Waals surface area (Å²) in [7, 11) is -3.57. The summed E-state index contributed by atoms with van der Waals surface area (Å²) < 4.78 is 32.7. The van der Waals surface area contributed by atoms with Crippen molar-refractivity contribution < 1.29 is 17.9 Å². The molecule has 3 rings (SSSR count). The number of piperidine rings is 1. The van der Waals surface area contributed by atoms with E-state index in [1.165, 1.54) is 4.31 Å². The van der Waals surface area contributed by atoms with Crippen LogP contribution >= 0.6 is 0 Å². The van der Waals surface area contributed by atoms with E-state index < -0.39 is 10.0 Å². The molecule has 0 radical (unpaired) electrons. The van der Waals surface area contributed by atoms with Crippen molar-refractivity contribution in [3.05, 3.63) is 59.7 Å². The fourth-order valence-electron chi connectivity index (χ4n) is 3.62. The van der Waals surface area contributed by atoms with Gasteiger partial charge in [0, 0.05) is 13.1 Å². The van der Waals surface area contributed by atoms with Crippen LogP contribution in [0.1, 0.15) is 24.0 Å². The number of nitrogens with one attached hydrogen (secondary N) is 1. The zero-order valence-electron chi connectivity index (χ0n) is 16.9. The van der Waals surface area contributed by atoms with Gasteiger partial charge in [0.25, 0.3) is 0 Å². The lowest BCUT2D eigenvalue weighted by molar-refractivity contribution is -0.126. The molecule has 1 atom stereocenters. The zero-order valence-corrected chi connectivity index (χ0v) is 17.7. The van der Waals surface area contributed by atoms with Crippen molar-refractivity contribution in [1.82, 2.24) is 9.62 Å². The van der Waals surface area contributed by atoms with Gasteiger partial charge in [0.2, 0.25) is 15.9 Å². The van der Waals surface area contributed by atoms with Crippen molar-refractivity contribution >= 4 is 15.9 Å². The van der Waals surface area contributed by atoms with E-state index in [-0.39, 0.29) is 23.3 Å². The Hall–Kier alpha value is -2.38. The molecule has 0 spiro atoms. The highest BCUT2D eigenvalue weighted by molar-refractivity contribution is 7.89. The molecule has 7 heteroatoms. The molecule has 1 N–H and O–H groups in total. The van der Waals surface area contributed by atoms with Gasteiger partial charge in [-0.3, -0.25) is 4.79 Å². The minimum atomic E-state index is -3.57. The van der Waals surface area contributed by atoms with Gasteiger partial charge in [-0.1, -0.05) is 24.3 Å². The normalized spacial score (nSPS) is 17.7. The van der Waals surface area contributed by atoms with Gasteiger partial charge < -0.3 is 10.1 Å². The molecule has 1 aliphatic heterocycles. The Morgan fingerprint density at radius 3 is 2.52 bits per heavy atom. The topological polar surface area (TPSA) is 75.7 Å². The molecule has 0 bridgehead atoms. The first kappa shape index (κ1) is 21.3. The van der Waals surface area contributed by atoms with Crippen LogP contribution in [0.3, 0.4) is 0 Å². The molecule has 1 saturated heterocycles. The number of amides is 1. The summed E-state index contributed by atoms with van der Waals surface area (Å²) >= 11 is 0. The smallest absolute Gasteiger partial charge is 0.243 e. The van der Waals surface area contributed by atoms with Gasteiger partial charge >= 0.3 is 0 Å². The van der Waals surface area contributed by atoms with Gasteiger partial charge in [0.1, 0.15) is 12.4 Å². The van der Waals surface area contributed by atoms with Gasteiger partial charge in [-0.25, -0.2) is 8.42 Å². The molecule has 29 heavy (non-hydrogen) atoms. The number of aryl methyl sites for hydroxylation is 2. The second kappa shape index (κ2) is 9.41. The Labute approximate surface area is 172 Å². The molecule has 156 valence electrons. The summed E-state index contributed by atoms with van der Waals surface area (Å²) in [6.45, 7) is 5.43. The standard InChI is InChI=1S/C22H28N2O4S/c1-17-13-18(2)15-20(14-17)28-12-10-23-22(25)19-7-6-11-24(16-19)29(26,27)21-8-4-3-5-9-21/h3-5,8-9,13-15,19H,6-7,10-12,16H2,1-2H3,(H,23,25)/t19-/m1/s1. The Morgan fingerprint density at radius 1 is 1.14 bits per heavy atom. The summed E-state index contributed by atoms with van der Waals surface area (Å²) in [6.07, 6.45) is 1.35. The lowest BCUT2D eigenvalue weighted by Crippen LogP contribution is -2.45. The second-order valence-corrected chi connectivity index (χ2v) is 9.42. The van der Waals surface area contributed by atoms with Crippen LogP contribution in [0.5, 0.6) is 5.75 Å².